The smallest absolute Gasteiger partial charge is 0.0689 e. The van der Waals surface area contributed by atoms with Crippen LogP contribution in [0.25, 0.3) is 0 Å². The van der Waals surface area contributed by atoms with Gasteiger partial charge in [0, 0.05) is 0 Å². The van der Waals surface area contributed by atoms with Gasteiger partial charge in [-0.25, -0.2) is 0 Å². The van der Waals surface area contributed by atoms with Crippen LogP contribution >= 0.6 is 0 Å². The van der Waals surface area contributed by atoms with E-state index in [4.69, 9.17) is 5.73 Å². The van der Waals surface area contributed by atoms with Gasteiger partial charge in [-0.3, -0.25) is 4.99 Å². The fourth-order valence-electron chi connectivity index (χ4n) is 1.63. The molecule has 1 aromatic rings. The molecule has 0 aliphatic rings. The maximum Gasteiger partial charge on any atom is 0.0689 e. The van der Waals surface area contributed by atoms with E-state index in [0.717, 1.165) is 12.1 Å². The van der Waals surface area contributed by atoms with Crippen LogP contribution in [0, 0.1) is 0 Å². The molecule has 0 heterocycles. The van der Waals surface area contributed by atoms with Crippen molar-refractivity contribution >= 4 is 12.4 Å². The number of rotatable bonds is 4. The van der Waals surface area contributed by atoms with Gasteiger partial charge in [-0.2, -0.15) is 0 Å². The zero-order chi connectivity index (χ0) is 10.6. The molecule has 0 unspecified atom stereocenters. The van der Waals surface area contributed by atoms with Crippen molar-refractivity contribution in [2.75, 3.05) is 6.54 Å². The van der Waals surface area contributed by atoms with Crippen LogP contribution in [0.4, 0.5) is 5.69 Å². The van der Waals surface area contributed by atoms with Crippen molar-refractivity contribution in [2.45, 2.75) is 26.2 Å². The van der Waals surface area contributed by atoms with Crippen LogP contribution in [0.5, 0.6) is 0 Å². The number of nitrogens with two attached hydrogens (primary N) is 1. The van der Waals surface area contributed by atoms with Crippen molar-refractivity contribution in [1.29, 1.82) is 0 Å². The number of hydrogen-bond donors (Lipinski definition) is 1. The maximum atomic E-state index is 5.55. The third-order valence-corrected chi connectivity index (χ3v) is 2.34. The van der Waals surface area contributed by atoms with E-state index in [1.807, 2.05) is 0 Å². The van der Waals surface area contributed by atoms with Gasteiger partial charge in [0.1, 0.15) is 0 Å². The summed E-state index contributed by atoms with van der Waals surface area (Å²) in [5.74, 6) is 0.480. The standard InChI is InChI=1S/C12H18N2/c1-9(2)11-6-4-5-10(7-8-13)12(11)14-3/h4-6,9H,3,7-8,13H2,1-2H3. The van der Waals surface area contributed by atoms with Crippen molar-refractivity contribution in [1.82, 2.24) is 0 Å². The molecule has 0 aliphatic carbocycles. The molecule has 0 bridgehead atoms. The Morgan fingerprint density at radius 3 is 2.64 bits per heavy atom. The summed E-state index contributed by atoms with van der Waals surface area (Å²) in [5, 5.41) is 0. The Labute approximate surface area is 85.9 Å². The number of nitrogens with zero attached hydrogens (tertiary/aromatic N) is 1. The molecule has 0 atom stereocenters. The Morgan fingerprint density at radius 1 is 1.43 bits per heavy atom. The molecule has 1 rings (SSSR count). The lowest BCUT2D eigenvalue weighted by Crippen LogP contribution is -2.04. The van der Waals surface area contributed by atoms with Crippen molar-refractivity contribution < 1.29 is 0 Å². The molecule has 0 aromatic heterocycles. The molecule has 1 aromatic carbocycles. The van der Waals surface area contributed by atoms with E-state index in [-0.39, 0.29) is 0 Å². The predicted octanol–water partition coefficient (Wildman–Crippen LogP) is 2.64. The summed E-state index contributed by atoms with van der Waals surface area (Å²) in [6.45, 7) is 8.61. The van der Waals surface area contributed by atoms with E-state index >= 15 is 0 Å². The van der Waals surface area contributed by atoms with Crippen LogP contribution < -0.4 is 5.73 Å². The minimum atomic E-state index is 0.480. The third kappa shape index (κ3) is 2.20. The molecule has 2 nitrogen and oxygen atoms in total. The first kappa shape index (κ1) is 10.9. The van der Waals surface area contributed by atoms with Crippen molar-refractivity contribution in [3.05, 3.63) is 29.3 Å². The van der Waals surface area contributed by atoms with Crippen LogP contribution in [0.15, 0.2) is 23.2 Å². The number of hydrogen-bond acceptors (Lipinski definition) is 2. The fourth-order valence-corrected chi connectivity index (χ4v) is 1.63. The monoisotopic (exact) mass is 190 g/mol. The molecule has 0 radical (unpaired) electrons. The summed E-state index contributed by atoms with van der Waals surface area (Å²) >= 11 is 0. The Hall–Kier alpha value is -1.15. The minimum absolute atomic E-state index is 0.480. The van der Waals surface area contributed by atoms with Crippen LogP contribution in [0.1, 0.15) is 30.9 Å². The molecule has 0 aliphatic heterocycles. The second-order valence-corrected chi connectivity index (χ2v) is 3.71. The van der Waals surface area contributed by atoms with Gasteiger partial charge in [-0.1, -0.05) is 32.0 Å². The molecule has 14 heavy (non-hydrogen) atoms. The van der Waals surface area contributed by atoms with E-state index in [1.54, 1.807) is 0 Å². The van der Waals surface area contributed by atoms with Crippen molar-refractivity contribution in [3.63, 3.8) is 0 Å². The molecule has 0 fully saturated rings. The first-order chi connectivity index (χ1) is 6.70. The highest BCUT2D eigenvalue weighted by molar-refractivity contribution is 5.58. The highest BCUT2D eigenvalue weighted by atomic mass is 14.7. The van der Waals surface area contributed by atoms with E-state index in [1.165, 1.54) is 11.1 Å². The Kier molecular flexibility index (Phi) is 3.84. The minimum Gasteiger partial charge on any atom is -0.330 e. The summed E-state index contributed by atoms with van der Waals surface area (Å²) in [5.41, 5.74) is 9.03. The Balaban J connectivity index is 3.17. The van der Waals surface area contributed by atoms with E-state index in [2.05, 4.69) is 43.8 Å². The second kappa shape index (κ2) is 4.91. The van der Waals surface area contributed by atoms with Gasteiger partial charge >= 0.3 is 0 Å². The molecule has 2 N–H and O–H groups in total. The molecule has 0 amide bonds. The van der Waals surface area contributed by atoms with E-state index in [9.17, 15) is 0 Å². The number of benzene rings is 1. The lowest BCUT2D eigenvalue weighted by Gasteiger charge is -2.12. The van der Waals surface area contributed by atoms with Gasteiger partial charge < -0.3 is 5.73 Å². The van der Waals surface area contributed by atoms with Crippen molar-refractivity contribution in [3.8, 4) is 0 Å². The van der Waals surface area contributed by atoms with Gasteiger partial charge in [-0.05, 0) is 36.7 Å². The molecule has 0 saturated heterocycles. The van der Waals surface area contributed by atoms with Gasteiger partial charge in [0.15, 0.2) is 0 Å². The van der Waals surface area contributed by atoms with Gasteiger partial charge in [0.25, 0.3) is 0 Å². The molecule has 2 heteroatoms. The first-order valence-corrected chi connectivity index (χ1v) is 4.99. The van der Waals surface area contributed by atoms with Crippen LogP contribution in [-0.2, 0) is 6.42 Å². The highest BCUT2D eigenvalue weighted by Gasteiger charge is 2.08. The lowest BCUT2D eigenvalue weighted by molar-refractivity contribution is 0.859. The highest BCUT2D eigenvalue weighted by Crippen LogP contribution is 2.30. The molecule has 76 valence electrons. The molecular weight excluding hydrogens is 172 g/mol. The summed E-state index contributed by atoms with van der Waals surface area (Å²) in [6.07, 6.45) is 0.870. The summed E-state index contributed by atoms with van der Waals surface area (Å²) < 4.78 is 0. The average molecular weight is 190 g/mol. The molecular formula is C12H18N2. The second-order valence-electron chi connectivity index (χ2n) is 3.71. The summed E-state index contributed by atoms with van der Waals surface area (Å²) in [4.78, 5) is 4.10. The summed E-state index contributed by atoms with van der Waals surface area (Å²) in [6, 6.07) is 6.24. The zero-order valence-electron chi connectivity index (χ0n) is 8.96. The lowest BCUT2D eigenvalue weighted by atomic mass is 9.97. The molecule has 0 spiro atoms. The quantitative estimate of drug-likeness (QED) is 0.728. The Morgan fingerprint density at radius 2 is 2.14 bits per heavy atom. The fraction of sp³-hybridized carbons (Fsp3) is 0.417. The predicted molar refractivity (Wildman–Crippen MR) is 62.5 cm³/mol. The number of para-hydroxylation sites is 1. The first-order valence-electron chi connectivity index (χ1n) is 4.99. The normalized spacial score (nSPS) is 10.6. The van der Waals surface area contributed by atoms with Gasteiger partial charge in [0.05, 0.1) is 5.69 Å². The molecule has 0 saturated carbocycles. The summed E-state index contributed by atoms with van der Waals surface area (Å²) in [7, 11) is 0. The third-order valence-electron chi connectivity index (χ3n) is 2.34. The largest absolute Gasteiger partial charge is 0.330 e. The van der Waals surface area contributed by atoms with Crippen LogP contribution in [0.3, 0.4) is 0 Å². The SMILES string of the molecule is C=Nc1c(CCN)cccc1C(C)C. The van der Waals surface area contributed by atoms with Gasteiger partial charge in [-0.15, -0.1) is 0 Å². The van der Waals surface area contributed by atoms with Crippen LogP contribution in [-0.4, -0.2) is 13.3 Å². The van der Waals surface area contributed by atoms with Crippen molar-refractivity contribution in [2.24, 2.45) is 10.7 Å². The Bertz CT molecular complexity index is 316. The topological polar surface area (TPSA) is 38.4 Å². The van der Waals surface area contributed by atoms with Gasteiger partial charge in [0.2, 0.25) is 0 Å². The van der Waals surface area contributed by atoms with E-state index < -0.39 is 0 Å². The van der Waals surface area contributed by atoms with E-state index in [0.29, 0.717) is 12.5 Å². The zero-order valence-corrected chi connectivity index (χ0v) is 8.96. The number of aliphatic imine (C=N–C) groups is 1. The van der Waals surface area contributed by atoms with Crippen LogP contribution in [0.2, 0.25) is 0 Å². The maximum absolute atomic E-state index is 5.55. The average Bonchev–Trinajstić information content (AvgIpc) is 2.18.